The van der Waals surface area contributed by atoms with E-state index in [-0.39, 0.29) is 12.5 Å². The van der Waals surface area contributed by atoms with Crippen LogP contribution >= 0.6 is 0 Å². The van der Waals surface area contributed by atoms with Crippen molar-refractivity contribution in [3.8, 4) is 0 Å². The number of alkyl carbamates (subject to hydrolysis) is 1. The smallest absolute Gasteiger partial charge is 0.407 e. The number of benzene rings is 1. The van der Waals surface area contributed by atoms with Gasteiger partial charge in [-0.05, 0) is 11.6 Å². The predicted octanol–water partition coefficient (Wildman–Crippen LogP) is 1.44. The molecule has 2 N–H and O–H groups in total. The van der Waals surface area contributed by atoms with E-state index in [1.807, 2.05) is 42.3 Å². The highest BCUT2D eigenvalue weighted by atomic mass is 16.6. The lowest BCUT2D eigenvalue weighted by atomic mass is 10.2. The Balaban J connectivity index is 1.64. The molecule has 1 aromatic carbocycles. The molecule has 1 aliphatic heterocycles. The molecule has 1 atom stereocenters. The summed E-state index contributed by atoms with van der Waals surface area (Å²) in [5.74, 6) is 0.532. The molecule has 2 heterocycles. The first kappa shape index (κ1) is 16.8. The van der Waals surface area contributed by atoms with E-state index in [1.165, 1.54) is 5.56 Å². The van der Waals surface area contributed by atoms with Gasteiger partial charge in [-0.1, -0.05) is 36.4 Å². The largest absolute Gasteiger partial charge is 0.447 e. The van der Waals surface area contributed by atoms with Crippen LogP contribution in [0.1, 0.15) is 11.1 Å². The normalized spacial score (nSPS) is 16.0. The molecule has 0 spiro atoms. The summed E-state index contributed by atoms with van der Waals surface area (Å²) in [6.07, 6.45) is 1.16. The van der Waals surface area contributed by atoms with Crippen LogP contribution in [0.15, 0.2) is 48.7 Å². The fourth-order valence-electron chi connectivity index (χ4n) is 2.68. The van der Waals surface area contributed by atoms with Crippen LogP contribution in [0.2, 0.25) is 0 Å². The lowest BCUT2D eigenvalue weighted by Gasteiger charge is -2.21. The van der Waals surface area contributed by atoms with Gasteiger partial charge in [0.15, 0.2) is 0 Å². The van der Waals surface area contributed by atoms with Gasteiger partial charge in [0.05, 0.1) is 0 Å². The van der Waals surface area contributed by atoms with E-state index < -0.39 is 12.1 Å². The Kier molecular flexibility index (Phi) is 5.13. The number of cyclic esters (lactones) is 1. The first-order valence-electron chi connectivity index (χ1n) is 8.03. The fraction of sp³-hybridized carbons (Fsp3) is 0.278. The molecule has 2 amide bonds. The van der Waals surface area contributed by atoms with Crippen molar-refractivity contribution in [3.63, 3.8) is 0 Å². The standard InChI is InChI=1S/C18H20N4O3/c1-22(11-13-6-3-2-4-7-13)16-14(8-5-9-19-16)10-20-17(23)15-12-25-18(24)21-15/h2-9,15H,10-12H2,1H3,(H,20,23)(H,21,24)/t15-/m0/s1. The molecule has 0 bridgehead atoms. The highest BCUT2D eigenvalue weighted by molar-refractivity contribution is 5.87. The average Bonchev–Trinajstić information content (AvgIpc) is 3.07. The van der Waals surface area contributed by atoms with E-state index in [0.717, 1.165) is 11.4 Å². The minimum atomic E-state index is -0.644. The molecule has 25 heavy (non-hydrogen) atoms. The number of nitrogens with one attached hydrogen (secondary N) is 2. The molecular formula is C18H20N4O3. The number of amides is 2. The molecule has 1 fully saturated rings. The van der Waals surface area contributed by atoms with Crippen LogP contribution in [0.4, 0.5) is 10.6 Å². The summed E-state index contributed by atoms with van der Waals surface area (Å²) >= 11 is 0. The number of carbonyl (C=O) groups excluding carboxylic acids is 2. The van der Waals surface area contributed by atoms with Crippen LogP contribution in [0, 0.1) is 0 Å². The van der Waals surface area contributed by atoms with Crippen molar-refractivity contribution in [3.05, 3.63) is 59.8 Å². The van der Waals surface area contributed by atoms with Crippen molar-refractivity contribution in [2.45, 2.75) is 19.1 Å². The van der Waals surface area contributed by atoms with Crippen molar-refractivity contribution in [2.75, 3.05) is 18.6 Å². The number of hydrogen-bond acceptors (Lipinski definition) is 5. The second-order valence-electron chi connectivity index (χ2n) is 5.84. The molecule has 1 aliphatic rings. The van der Waals surface area contributed by atoms with E-state index in [0.29, 0.717) is 13.1 Å². The van der Waals surface area contributed by atoms with Gasteiger partial charge in [-0.3, -0.25) is 4.79 Å². The van der Waals surface area contributed by atoms with Crippen LogP contribution in [0.3, 0.4) is 0 Å². The zero-order chi connectivity index (χ0) is 17.6. The summed E-state index contributed by atoms with van der Waals surface area (Å²) in [5.41, 5.74) is 2.08. The van der Waals surface area contributed by atoms with E-state index >= 15 is 0 Å². The maximum Gasteiger partial charge on any atom is 0.407 e. The van der Waals surface area contributed by atoms with Crippen LogP contribution in [-0.4, -0.2) is 36.7 Å². The molecule has 1 aromatic heterocycles. The van der Waals surface area contributed by atoms with E-state index in [2.05, 4.69) is 27.8 Å². The lowest BCUT2D eigenvalue weighted by molar-refractivity contribution is -0.122. The van der Waals surface area contributed by atoms with Gasteiger partial charge in [0.25, 0.3) is 0 Å². The number of carbonyl (C=O) groups is 2. The molecule has 0 unspecified atom stereocenters. The summed E-state index contributed by atoms with van der Waals surface area (Å²) in [6, 6.07) is 13.2. The Bertz CT molecular complexity index is 751. The fourth-order valence-corrected chi connectivity index (χ4v) is 2.68. The van der Waals surface area contributed by atoms with Crippen molar-refractivity contribution in [2.24, 2.45) is 0 Å². The van der Waals surface area contributed by atoms with E-state index in [1.54, 1.807) is 6.20 Å². The number of hydrogen-bond donors (Lipinski definition) is 2. The van der Waals surface area contributed by atoms with Gasteiger partial charge in [0, 0.05) is 31.9 Å². The molecule has 1 saturated heterocycles. The van der Waals surface area contributed by atoms with Gasteiger partial charge < -0.3 is 20.3 Å². The number of anilines is 1. The van der Waals surface area contributed by atoms with Crippen LogP contribution < -0.4 is 15.5 Å². The first-order valence-corrected chi connectivity index (χ1v) is 8.03. The predicted molar refractivity (Wildman–Crippen MR) is 92.9 cm³/mol. The molecule has 0 radical (unpaired) electrons. The zero-order valence-corrected chi connectivity index (χ0v) is 13.9. The zero-order valence-electron chi connectivity index (χ0n) is 13.9. The third-order valence-corrected chi connectivity index (χ3v) is 3.93. The second kappa shape index (κ2) is 7.65. The number of rotatable bonds is 6. The molecule has 0 saturated carbocycles. The minimum Gasteiger partial charge on any atom is -0.447 e. The summed E-state index contributed by atoms with van der Waals surface area (Å²) < 4.78 is 4.74. The third-order valence-electron chi connectivity index (χ3n) is 3.93. The Morgan fingerprint density at radius 2 is 2.12 bits per heavy atom. The Morgan fingerprint density at radius 3 is 2.84 bits per heavy atom. The summed E-state index contributed by atoms with van der Waals surface area (Å²) in [4.78, 5) is 29.6. The maximum absolute atomic E-state index is 12.1. The summed E-state index contributed by atoms with van der Waals surface area (Å²) in [5, 5.41) is 5.28. The SMILES string of the molecule is CN(Cc1ccccc1)c1ncccc1CNC(=O)[C@@H]1COC(=O)N1. The van der Waals surface area contributed by atoms with Crippen LogP contribution in [0.5, 0.6) is 0 Å². The van der Waals surface area contributed by atoms with E-state index in [4.69, 9.17) is 4.74 Å². The highest BCUT2D eigenvalue weighted by Crippen LogP contribution is 2.18. The first-order chi connectivity index (χ1) is 12.1. The van der Waals surface area contributed by atoms with Crippen molar-refractivity contribution < 1.29 is 14.3 Å². The van der Waals surface area contributed by atoms with E-state index in [9.17, 15) is 9.59 Å². The average molecular weight is 340 g/mol. The van der Waals surface area contributed by atoms with Gasteiger partial charge in [0.2, 0.25) is 5.91 Å². The number of aromatic nitrogens is 1. The van der Waals surface area contributed by atoms with Gasteiger partial charge >= 0.3 is 6.09 Å². The molecule has 130 valence electrons. The van der Waals surface area contributed by atoms with Gasteiger partial charge in [-0.15, -0.1) is 0 Å². The summed E-state index contributed by atoms with van der Waals surface area (Å²) in [6.45, 7) is 1.09. The maximum atomic E-state index is 12.1. The number of ether oxygens (including phenoxy) is 1. The third kappa shape index (κ3) is 4.26. The lowest BCUT2D eigenvalue weighted by Crippen LogP contribution is -2.42. The summed E-state index contributed by atoms with van der Waals surface area (Å²) in [7, 11) is 1.96. The number of nitrogens with zero attached hydrogens (tertiary/aromatic N) is 2. The highest BCUT2D eigenvalue weighted by Gasteiger charge is 2.28. The molecule has 3 rings (SSSR count). The minimum absolute atomic E-state index is 0.0540. The Hall–Kier alpha value is -3.09. The van der Waals surface area contributed by atoms with Crippen molar-refractivity contribution in [1.29, 1.82) is 0 Å². The molecule has 2 aromatic rings. The number of pyridine rings is 1. The van der Waals surface area contributed by atoms with Gasteiger partial charge in [-0.2, -0.15) is 0 Å². The molecular weight excluding hydrogens is 320 g/mol. The van der Waals surface area contributed by atoms with Gasteiger partial charge in [-0.25, -0.2) is 9.78 Å². The van der Waals surface area contributed by atoms with Crippen molar-refractivity contribution >= 4 is 17.8 Å². The monoisotopic (exact) mass is 340 g/mol. The molecule has 7 nitrogen and oxygen atoms in total. The Morgan fingerprint density at radius 1 is 1.32 bits per heavy atom. The van der Waals surface area contributed by atoms with Crippen LogP contribution in [0.25, 0.3) is 0 Å². The topological polar surface area (TPSA) is 83.6 Å². The second-order valence-corrected chi connectivity index (χ2v) is 5.84. The quantitative estimate of drug-likeness (QED) is 0.831. The molecule has 0 aliphatic carbocycles. The van der Waals surface area contributed by atoms with Crippen molar-refractivity contribution in [1.82, 2.24) is 15.6 Å². The van der Waals surface area contributed by atoms with Gasteiger partial charge in [0.1, 0.15) is 18.5 Å². The molecule has 7 heteroatoms. The Labute approximate surface area is 146 Å². The van der Waals surface area contributed by atoms with Crippen LogP contribution in [-0.2, 0) is 22.6 Å².